The first-order valence-corrected chi connectivity index (χ1v) is 12.6. The van der Waals surface area contributed by atoms with Gasteiger partial charge in [-0.05, 0) is 61.4 Å². The summed E-state index contributed by atoms with van der Waals surface area (Å²) in [5.74, 6) is -0.846. The minimum absolute atomic E-state index is 0.0217. The molecule has 36 heavy (non-hydrogen) atoms. The summed E-state index contributed by atoms with van der Waals surface area (Å²) in [6, 6.07) is 38.9. The molecule has 1 aliphatic carbocycles. The van der Waals surface area contributed by atoms with E-state index in [4.69, 9.17) is 0 Å². The van der Waals surface area contributed by atoms with Gasteiger partial charge in [-0.1, -0.05) is 85.6 Å². The van der Waals surface area contributed by atoms with Crippen molar-refractivity contribution in [2.45, 2.75) is 25.7 Å². The van der Waals surface area contributed by atoms with Crippen molar-refractivity contribution in [3.05, 3.63) is 121 Å². The van der Waals surface area contributed by atoms with Gasteiger partial charge in [0.15, 0.2) is 0 Å². The third-order valence-electron chi connectivity index (χ3n) is 6.90. The fourth-order valence-corrected chi connectivity index (χ4v) is 5.17. The predicted octanol–water partition coefficient (Wildman–Crippen LogP) is 7.52. The molecule has 0 saturated heterocycles. The summed E-state index contributed by atoms with van der Waals surface area (Å²) in [6.07, 6.45) is 3.27. The summed E-state index contributed by atoms with van der Waals surface area (Å²) in [7, 11) is 0. The first-order chi connectivity index (χ1) is 17.7. The Labute approximate surface area is 212 Å². The predicted molar refractivity (Wildman–Crippen MR) is 146 cm³/mol. The van der Waals surface area contributed by atoms with Gasteiger partial charge >= 0.3 is 0 Å². The lowest BCUT2D eigenvalue weighted by atomic mass is 9.77. The summed E-state index contributed by atoms with van der Waals surface area (Å²) < 4.78 is 0. The zero-order valence-corrected chi connectivity index (χ0v) is 20.2. The van der Waals surface area contributed by atoms with Gasteiger partial charge in [0.05, 0.1) is 11.8 Å². The van der Waals surface area contributed by atoms with Crippen LogP contribution in [0.2, 0.25) is 0 Å². The van der Waals surface area contributed by atoms with E-state index in [1.165, 1.54) is 0 Å². The zero-order chi connectivity index (χ0) is 24.7. The van der Waals surface area contributed by atoms with E-state index in [0.717, 1.165) is 35.6 Å². The van der Waals surface area contributed by atoms with Crippen LogP contribution in [0, 0.1) is 11.8 Å². The van der Waals surface area contributed by atoms with Crippen molar-refractivity contribution in [3.8, 4) is 0 Å². The molecule has 0 heterocycles. The van der Waals surface area contributed by atoms with Crippen LogP contribution in [0.15, 0.2) is 121 Å². The fraction of sp³-hybridized carbons (Fsp3) is 0.188. The van der Waals surface area contributed by atoms with E-state index in [1.54, 1.807) is 9.80 Å². The Kier molecular flexibility index (Phi) is 7.23. The number of carbonyl (C=O) groups is 2. The van der Waals surface area contributed by atoms with Gasteiger partial charge in [0.1, 0.15) is 0 Å². The second kappa shape index (κ2) is 11.0. The van der Waals surface area contributed by atoms with Crippen LogP contribution in [0.1, 0.15) is 25.7 Å². The highest BCUT2D eigenvalue weighted by Gasteiger charge is 2.41. The van der Waals surface area contributed by atoms with Crippen LogP contribution in [-0.2, 0) is 9.59 Å². The quantitative estimate of drug-likeness (QED) is 0.290. The third-order valence-corrected chi connectivity index (χ3v) is 6.90. The SMILES string of the molecule is O=C(C1CCCCC1C(=O)N(c1ccccc1)c1ccccc1)N(c1ccccc1)c1ccccc1. The number of para-hydroxylation sites is 4. The van der Waals surface area contributed by atoms with E-state index in [-0.39, 0.29) is 11.8 Å². The molecule has 4 nitrogen and oxygen atoms in total. The number of amides is 2. The maximum absolute atomic E-state index is 14.3. The molecule has 0 N–H and O–H groups in total. The molecule has 4 heteroatoms. The van der Waals surface area contributed by atoms with Crippen molar-refractivity contribution in [3.63, 3.8) is 0 Å². The van der Waals surface area contributed by atoms with Gasteiger partial charge in [-0.25, -0.2) is 0 Å². The van der Waals surface area contributed by atoms with Gasteiger partial charge in [0.25, 0.3) is 0 Å². The molecular weight excluding hydrogens is 444 g/mol. The topological polar surface area (TPSA) is 40.6 Å². The van der Waals surface area contributed by atoms with E-state index in [1.807, 2.05) is 121 Å². The lowest BCUT2D eigenvalue weighted by Crippen LogP contribution is -2.44. The number of hydrogen-bond acceptors (Lipinski definition) is 2. The van der Waals surface area contributed by atoms with Crippen molar-refractivity contribution >= 4 is 34.6 Å². The largest absolute Gasteiger partial charge is 0.281 e. The summed E-state index contributed by atoms with van der Waals surface area (Å²) >= 11 is 0. The number of anilines is 4. The highest BCUT2D eigenvalue weighted by atomic mass is 16.2. The monoisotopic (exact) mass is 474 g/mol. The molecule has 1 aliphatic rings. The van der Waals surface area contributed by atoms with E-state index in [0.29, 0.717) is 12.8 Å². The maximum atomic E-state index is 14.3. The summed E-state index contributed by atoms with van der Waals surface area (Å²) in [6.45, 7) is 0. The van der Waals surface area contributed by atoms with Crippen LogP contribution < -0.4 is 9.80 Å². The average molecular weight is 475 g/mol. The average Bonchev–Trinajstić information content (AvgIpc) is 2.95. The summed E-state index contributed by atoms with van der Waals surface area (Å²) in [5, 5.41) is 0. The number of nitrogens with zero attached hydrogens (tertiary/aromatic N) is 2. The summed E-state index contributed by atoms with van der Waals surface area (Å²) in [4.78, 5) is 32.1. The molecule has 2 unspecified atom stereocenters. The number of carbonyl (C=O) groups excluding carboxylic acids is 2. The van der Waals surface area contributed by atoms with Crippen LogP contribution in [0.25, 0.3) is 0 Å². The standard InChI is InChI=1S/C32H30N2O2/c35-31(33(25-15-5-1-6-16-25)26-17-7-2-8-18-26)29-23-13-14-24-30(29)32(36)34(27-19-9-3-10-20-27)28-21-11-4-12-22-28/h1-12,15-22,29-30H,13-14,23-24H2. The van der Waals surface area contributed by atoms with Crippen molar-refractivity contribution in [1.82, 2.24) is 0 Å². The lowest BCUT2D eigenvalue weighted by molar-refractivity contribution is -0.132. The van der Waals surface area contributed by atoms with Crippen molar-refractivity contribution in [2.24, 2.45) is 11.8 Å². The molecule has 0 radical (unpaired) electrons. The first-order valence-electron chi connectivity index (χ1n) is 12.6. The van der Waals surface area contributed by atoms with Crippen LogP contribution in [0.3, 0.4) is 0 Å². The molecule has 2 atom stereocenters. The van der Waals surface area contributed by atoms with Crippen molar-refractivity contribution in [1.29, 1.82) is 0 Å². The molecule has 4 aromatic rings. The molecule has 1 fully saturated rings. The normalized spacial score (nSPS) is 17.2. The number of rotatable bonds is 6. The van der Waals surface area contributed by atoms with E-state index >= 15 is 0 Å². The van der Waals surface area contributed by atoms with Crippen LogP contribution >= 0.6 is 0 Å². The summed E-state index contributed by atoms with van der Waals surface area (Å²) in [5.41, 5.74) is 3.25. The molecule has 1 saturated carbocycles. The fourth-order valence-electron chi connectivity index (χ4n) is 5.17. The van der Waals surface area contributed by atoms with E-state index < -0.39 is 11.8 Å². The molecule has 0 bridgehead atoms. The van der Waals surface area contributed by atoms with Crippen LogP contribution in [-0.4, -0.2) is 11.8 Å². The Morgan fingerprint density at radius 2 is 0.694 bits per heavy atom. The molecule has 4 aromatic carbocycles. The lowest BCUT2D eigenvalue weighted by Gasteiger charge is -2.36. The van der Waals surface area contributed by atoms with Gasteiger partial charge in [-0.15, -0.1) is 0 Å². The number of hydrogen-bond donors (Lipinski definition) is 0. The molecule has 180 valence electrons. The second-order valence-corrected chi connectivity index (χ2v) is 9.19. The Bertz CT molecular complexity index is 1100. The Balaban J connectivity index is 1.53. The minimum Gasteiger partial charge on any atom is -0.281 e. The van der Waals surface area contributed by atoms with Gasteiger partial charge in [-0.3, -0.25) is 19.4 Å². The first kappa shape index (κ1) is 23.6. The van der Waals surface area contributed by atoms with Crippen LogP contribution in [0.5, 0.6) is 0 Å². The number of benzene rings is 4. The van der Waals surface area contributed by atoms with Gasteiger partial charge in [0, 0.05) is 22.7 Å². The highest BCUT2D eigenvalue weighted by molar-refractivity contribution is 6.07. The van der Waals surface area contributed by atoms with Gasteiger partial charge in [-0.2, -0.15) is 0 Å². The van der Waals surface area contributed by atoms with Crippen LogP contribution in [0.4, 0.5) is 22.7 Å². The zero-order valence-electron chi connectivity index (χ0n) is 20.2. The molecule has 0 aromatic heterocycles. The maximum Gasteiger partial charge on any atom is 0.235 e. The molecule has 0 spiro atoms. The Morgan fingerprint density at radius 3 is 0.944 bits per heavy atom. The Hall–Kier alpha value is -4.18. The Morgan fingerprint density at radius 1 is 0.444 bits per heavy atom. The molecular formula is C32H30N2O2. The van der Waals surface area contributed by atoms with E-state index in [9.17, 15) is 9.59 Å². The van der Waals surface area contributed by atoms with E-state index in [2.05, 4.69) is 0 Å². The third kappa shape index (κ3) is 4.94. The van der Waals surface area contributed by atoms with Crippen molar-refractivity contribution < 1.29 is 9.59 Å². The van der Waals surface area contributed by atoms with Gasteiger partial charge in [0.2, 0.25) is 11.8 Å². The molecule has 0 aliphatic heterocycles. The van der Waals surface area contributed by atoms with Gasteiger partial charge < -0.3 is 0 Å². The smallest absolute Gasteiger partial charge is 0.235 e. The highest BCUT2D eigenvalue weighted by Crippen LogP contribution is 2.39. The molecule has 5 rings (SSSR count). The minimum atomic E-state index is -0.401. The molecule has 2 amide bonds. The second-order valence-electron chi connectivity index (χ2n) is 9.19. The van der Waals surface area contributed by atoms with Crippen molar-refractivity contribution in [2.75, 3.05) is 9.80 Å².